The number of anilines is 2. The number of pyridine rings is 1. The van der Waals surface area contributed by atoms with Gasteiger partial charge in [0.1, 0.15) is 11.5 Å². The molecule has 1 fully saturated rings. The summed E-state index contributed by atoms with van der Waals surface area (Å²) in [5, 5.41) is 9.00. The number of hydrogen-bond acceptors (Lipinski definition) is 5. The molecule has 3 N–H and O–H groups in total. The lowest BCUT2D eigenvalue weighted by atomic mass is 9.99. The second kappa shape index (κ2) is 8.33. The predicted octanol–water partition coefficient (Wildman–Crippen LogP) is 3.55. The molecule has 4 rings (SSSR count). The Labute approximate surface area is 178 Å². The molecule has 0 bridgehead atoms. The van der Waals surface area contributed by atoms with E-state index in [1.54, 1.807) is 33.3 Å². The number of carbonyl (C=O) groups excluding carboxylic acids is 1. The molecule has 0 radical (unpaired) electrons. The van der Waals surface area contributed by atoms with Gasteiger partial charge in [-0.1, -0.05) is 12.8 Å². The van der Waals surface area contributed by atoms with E-state index < -0.39 is 11.8 Å². The molecule has 0 atom stereocenters. The van der Waals surface area contributed by atoms with Crippen molar-refractivity contribution in [3.8, 4) is 11.1 Å². The van der Waals surface area contributed by atoms with Gasteiger partial charge in [-0.25, -0.2) is 14.2 Å². The summed E-state index contributed by atoms with van der Waals surface area (Å²) in [7, 11) is 3.33. The van der Waals surface area contributed by atoms with Crippen molar-refractivity contribution in [1.82, 2.24) is 19.9 Å². The van der Waals surface area contributed by atoms with Gasteiger partial charge in [0.05, 0.1) is 5.69 Å². The molecule has 9 heteroatoms. The summed E-state index contributed by atoms with van der Waals surface area (Å²) in [6.45, 7) is 1.73. The predicted molar refractivity (Wildman–Crippen MR) is 119 cm³/mol. The Hall–Kier alpha value is -3.49. The fraction of sp³-hybridized carbons (Fsp3) is 0.364. The van der Waals surface area contributed by atoms with Crippen molar-refractivity contribution >= 4 is 28.7 Å². The van der Waals surface area contributed by atoms with Crippen LogP contribution >= 0.6 is 0 Å². The zero-order valence-corrected chi connectivity index (χ0v) is 17.8. The zero-order valence-electron chi connectivity index (χ0n) is 17.8. The van der Waals surface area contributed by atoms with E-state index in [0.29, 0.717) is 33.7 Å². The smallest absolute Gasteiger partial charge is 0.319 e. The summed E-state index contributed by atoms with van der Waals surface area (Å²) in [4.78, 5) is 34.0. The number of aryl methyl sites for hydroxylation is 2. The molecular formula is C22H25FN6O2. The lowest BCUT2D eigenvalue weighted by Crippen LogP contribution is -2.36. The first-order valence-corrected chi connectivity index (χ1v) is 10.3. The molecule has 1 saturated carbocycles. The molecule has 0 aliphatic heterocycles. The molecule has 2 heterocycles. The third-order valence-electron chi connectivity index (χ3n) is 5.71. The Morgan fingerprint density at radius 1 is 1.19 bits per heavy atom. The van der Waals surface area contributed by atoms with Crippen LogP contribution in [0.5, 0.6) is 0 Å². The topological polar surface area (TPSA) is 101 Å². The number of carbonyl (C=O) groups is 1. The van der Waals surface area contributed by atoms with Crippen molar-refractivity contribution in [2.75, 3.05) is 17.7 Å². The molecule has 3 aromatic rings. The van der Waals surface area contributed by atoms with Gasteiger partial charge in [-0.3, -0.25) is 9.36 Å². The van der Waals surface area contributed by atoms with Gasteiger partial charge < -0.3 is 16.0 Å². The lowest BCUT2D eigenvalue weighted by Gasteiger charge is -2.16. The summed E-state index contributed by atoms with van der Waals surface area (Å²) >= 11 is 0. The van der Waals surface area contributed by atoms with E-state index in [2.05, 4.69) is 25.9 Å². The highest BCUT2D eigenvalue weighted by Gasteiger charge is 2.19. The van der Waals surface area contributed by atoms with Crippen LogP contribution in [0, 0.1) is 12.7 Å². The standard InChI is InChI=1S/C22H25FN6O2/c1-12-8-17(23)18(27-22(31)26-14-6-4-5-7-14)10-15(12)16-9-13-11-25-21(24-2)28-19(13)29(3)20(16)30/h8-11,14H,4-7H2,1-3H3,(H,24,25,28)(H2,26,27,31). The van der Waals surface area contributed by atoms with Crippen LogP contribution in [0.2, 0.25) is 0 Å². The van der Waals surface area contributed by atoms with Gasteiger partial charge in [0, 0.05) is 37.3 Å². The number of nitrogens with zero attached hydrogens (tertiary/aromatic N) is 3. The van der Waals surface area contributed by atoms with E-state index >= 15 is 0 Å². The molecular weight excluding hydrogens is 399 g/mol. The largest absolute Gasteiger partial charge is 0.357 e. The van der Waals surface area contributed by atoms with E-state index in [1.165, 1.54) is 16.7 Å². The maximum absolute atomic E-state index is 14.6. The minimum Gasteiger partial charge on any atom is -0.357 e. The first-order valence-electron chi connectivity index (χ1n) is 10.3. The van der Waals surface area contributed by atoms with Gasteiger partial charge in [0.15, 0.2) is 0 Å². The summed E-state index contributed by atoms with van der Waals surface area (Å²) in [6.07, 6.45) is 5.65. The fourth-order valence-electron chi connectivity index (χ4n) is 4.03. The van der Waals surface area contributed by atoms with Crippen LogP contribution < -0.4 is 21.5 Å². The van der Waals surface area contributed by atoms with E-state index in [1.807, 2.05) is 0 Å². The average Bonchev–Trinajstić information content (AvgIpc) is 3.25. The van der Waals surface area contributed by atoms with Crippen LogP contribution in [0.4, 0.5) is 20.8 Å². The van der Waals surface area contributed by atoms with Crippen molar-refractivity contribution in [3.05, 3.63) is 46.1 Å². The van der Waals surface area contributed by atoms with Crippen molar-refractivity contribution in [2.24, 2.45) is 7.05 Å². The van der Waals surface area contributed by atoms with Crippen LogP contribution in [0.25, 0.3) is 22.2 Å². The van der Waals surface area contributed by atoms with Gasteiger partial charge in [0.2, 0.25) is 5.95 Å². The molecule has 0 spiro atoms. The van der Waals surface area contributed by atoms with Gasteiger partial charge in [0.25, 0.3) is 5.56 Å². The Bertz CT molecular complexity index is 1220. The lowest BCUT2D eigenvalue weighted by molar-refractivity contribution is 0.248. The number of amides is 2. The van der Waals surface area contributed by atoms with Crippen molar-refractivity contribution in [3.63, 3.8) is 0 Å². The summed E-state index contributed by atoms with van der Waals surface area (Å²) in [6, 6.07) is 4.19. The van der Waals surface area contributed by atoms with Crippen molar-refractivity contribution in [2.45, 2.75) is 38.6 Å². The number of nitrogens with one attached hydrogen (secondary N) is 3. The summed E-state index contributed by atoms with van der Waals surface area (Å²) in [5.74, 6) is -0.143. The Kier molecular flexibility index (Phi) is 5.58. The maximum atomic E-state index is 14.6. The van der Waals surface area contributed by atoms with E-state index in [-0.39, 0.29) is 17.3 Å². The SMILES string of the molecule is CNc1ncc2cc(-c3cc(NC(=O)NC4CCCC4)c(F)cc3C)c(=O)n(C)c2n1. The number of urea groups is 1. The number of rotatable bonds is 4. The van der Waals surface area contributed by atoms with E-state index in [9.17, 15) is 14.0 Å². The third kappa shape index (κ3) is 4.08. The van der Waals surface area contributed by atoms with Crippen LogP contribution in [0.1, 0.15) is 31.2 Å². The van der Waals surface area contributed by atoms with Gasteiger partial charge in [-0.15, -0.1) is 0 Å². The maximum Gasteiger partial charge on any atom is 0.319 e. The number of aromatic nitrogens is 3. The Morgan fingerprint density at radius 2 is 1.94 bits per heavy atom. The second-order valence-electron chi connectivity index (χ2n) is 7.87. The van der Waals surface area contributed by atoms with Crippen molar-refractivity contribution in [1.29, 1.82) is 0 Å². The van der Waals surface area contributed by atoms with Gasteiger partial charge >= 0.3 is 6.03 Å². The number of hydrogen-bond donors (Lipinski definition) is 3. The Balaban J connectivity index is 1.73. The van der Waals surface area contributed by atoms with Crippen LogP contribution in [0.3, 0.4) is 0 Å². The average molecular weight is 424 g/mol. The Morgan fingerprint density at radius 3 is 2.65 bits per heavy atom. The van der Waals surface area contributed by atoms with Crippen LogP contribution in [-0.2, 0) is 7.05 Å². The molecule has 1 aromatic carbocycles. The molecule has 0 unspecified atom stereocenters. The van der Waals surface area contributed by atoms with Gasteiger partial charge in [-0.05, 0) is 49.1 Å². The summed E-state index contributed by atoms with van der Waals surface area (Å²) in [5.41, 5.74) is 1.75. The van der Waals surface area contributed by atoms with E-state index in [0.717, 1.165) is 25.7 Å². The molecule has 2 amide bonds. The monoisotopic (exact) mass is 424 g/mol. The fourth-order valence-corrected chi connectivity index (χ4v) is 4.03. The molecule has 1 aliphatic rings. The molecule has 162 valence electrons. The van der Waals surface area contributed by atoms with E-state index in [4.69, 9.17) is 0 Å². The van der Waals surface area contributed by atoms with Gasteiger partial charge in [-0.2, -0.15) is 4.98 Å². The summed E-state index contributed by atoms with van der Waals surface area (Å²) < 4.78 is 16.0. The number of halogens is 1. The molecule has 31 heavy (non-hydrogen) atoms. The number of benzene rings is 1. The first kappa shape index (κ1) is 20.8. The first-order chi connectivity index (χ1) is 14.9. The second-order valence-corrected chi connectivity index (χ2v) is 7.87. The minimum atomic E-state index is -0.553. The molecule has 0 saturated heterocycles. The number of fused-ring (bicyclic) bond motifs is 1. The minimum absolute atomic E-state index is 0.0278. The zero-order chi connectivity index (χ0) is 22.1. The highest BCUT2D eigenvalue weighted by molar-refractivity contribution is 5.91. The van der Waals surface area contributed by atoms with Crippen molar-refractivity contribution < 1.29 is 9.18 Å². The third-order valence-corrected chi connectivity index (χ3v) is 5.71. The molecule has 1 aliphatic carbocycles. The molecule has 2 aromatic heterocycles. The van der Waals surface area contributed by atoms with Crippen LogP contribution in [0.15, 0.2) is 29.2 Å². The quantitative estimate of drug-likeness (QED) is 0.595. The van der Waals surface area contributed by atoms with Crippen LogP contribution in [-0.4, -0.2) is 33.7 Å². The normalized spacial score (nSPS) is 14.1. The highest BCUT2D eigenvalue weighted by Crippen LogP contribution is 2.29. The molecule has 8 nitrogen and oxygen atoms in total. The highest BCUT2D eigenvalue weighted by atomic mass is 19.1.